The third kappa shape index (κ3) is 3.93. The molecular weight excluding hydrogens is 271 g/mol. The van der Waals surface area contributed by atoms with Crippen molar-refractivity contribution < 1.29 is 14.2 Å². The fraction of sp³-hybridized carbons (Fsp3) is 0.625. The quantitative estimate of drug-likeness (QED) is 0.871. The van der Waals surface area contributed by atoms with E-state index in [1.54, 1.807) is 6.07 Å². The molecule has 118 valence electrons. The minimum atomic E-state index is -0.213. The van der Waals surface area contributed by atoms with Gasteiger partial charge in [-0.25, -0.2) is 4.39 Å². The number of halogens is 1. The first-order valence-electron chi connectivity index (χ1n) is 7.52. The fourth-order valence-electron chi connectivity index (χ4n) is 2.56. The van der Waals surface area contributed by atoms with E-state index < -0.39 is 0 Å². The third-order valence-electron chi connectivity index (χ3n) is 3.80. The van der Waals surface area contributed by atoms with Gasteiger partial charge in [0.1, 0.15) is 5.82 Å². The van der Waals surface area contributed by atoms with Crippen LogP contribution in [0.25, 0.3) is 0 Å². The Kier molecular flexibility index (Phi) is 5.56. The molecule has 0 aliphatic carbocycles. The SMILES string of the molecule is CC(C)NCc1c(F)cccc1N1CC(CO)OCC1C. The molecule has 1 aromatic carbocycles. The molecule has 2 N–H and O–H groups in total. The molecule has 0 amide bonds. The summed E-state index contributed by atoms with van der Waals surface area (Å²) < 4.78 is 19.8. The van der Waals surface area contributed by atoms with Crippen LogP contribution in [0, 0.1) is 5.82 Å². The first-order valence-corrected chi connectivity index (χ1v) is 7.52. The van der Waals surface area contributed by atoms with E-state index >= 15 is 0 Å². The number of aliphatic hydroxyl groups excluding tert-OH is 1. The van der Waals surface area contributed by atoms with Crippen molar-refractivity contribution in [2.24, 2.45) is 0 Å². The Bertz CT molecular complexity index is 468. The van der Waals surface area contributed by atoms with Crippen LogP contribution in [-0.2, 0) is 11.3 Å². The molecule has 2 unspecified atom stereocenters. The minimum absolute atomic E-state index is 0.0158. The average Bonchev–Trinajstić information content (AvgIpc) is 2.46. The molecule has 1 fully saturated rings. The van der Waals surface area contributed by atoms with Gasteiger partial charge in [-0.05, 0) is 19.1 Å². The van der Waals surface area contributed by atoms with E-state index in [0.29, 0.717) is 31.3 Å². The van der Waals surface area contributed by atoms with Crippen molar-refractivity contribution in [1.29, 1.82) is 0 Å². The summed E-state index contributed by atoms with van der Waals surface area (Å²) in [6.07, 6.45) is -0.213. The van der Waals surface area contributed by atoms with Gasteiger partial charge in [0.2, 0.25) is 0 Å². The summed E-state index contributed by atoms with van der Waals surface area (Å²) >= 11 is 0. The number of ether oxygens (including phenoxy) is 1. The van der Waals surface area contributed by atoms with Crippen LogP contribution < -0.4 is 10.2 Å². The van der Waals surface area contributed by atoms with Gasteiger partial charge in [0.25, 0.3) is 0 Å². The van der Waals surface area contributed by atoms with Gasteiger partial charge >= 0.3 is 0 Å². The number of anilines is 1. The summed E-state index contributed by atoms with van der Waals surface area (Å²) in [5.41, 5.74) is 1.56. The van der Waals surface area contributed by atoms with Gasteiger partial charge in [0, 0.05) is 36.4 Å². The second kappa shape index (κ2) is 7.20. The Morgan fingerprint density at radius 3 is 2.90 bits per heavy atom. The van der Waals surface area contributed by atoms with Crippen molar-refractivity contribution in [3.63, 3.8) is 0 Å². The predicted octanol–water partition coefficient (Wildman–Crippen LogP) is 1.91. The van der Waals surface area contributed by atoms with E-state index in [1.807, 2.05) is 19.9 Å². The molecule has 1 aliphatic heterocycles. The number of benzene rings is 1. The maximum absolute atomic E-state index is 14.2. The third-order valence-corrected chi connectivity index (χ3v) is 3.80. The lowest BCUT2D eigenvalue weighted by Gasteiger charge is -2.40. The smallest absolute Gasteiger partial charge is 0.129 e. The summed E-state index contributed by atoms with van der Waals surface area (Å²) in [7, 11) is 0. The van der Waals surface area contributed by atoms with Crippen LogP contribution in [0.5, 0.6) is 0 Å². The summed E-state index contributed by atoms with van der Waals surface area (Å²) in [6.45, 7) is 7.73. The Morgan fingerprint density at radius 1 is 1.48 bits per heavy atom. The van der Waals surface area contributed by atoms with Crippen molar-refractivity contribution >= 4 is 5.69 Å². The average molecular weight is 296 g/mol. The Balaban J connectivity index is 2.26. The van der Waals surface area contributed by atoms with E-state index in [0.717, 1.165) is 5.69 Å². The molecule has 1 saturated heterocycles. The van der Waals surface area contributed by atoms with Gasteiger partial charge in [-0.15, -0.1) is 0 Å². The molecule has 0 aromatic heterocycles. The van der Waals surface area contributed by atoms with Gasteiger partial charge in [0.05, 0.1) is 19.3 Å². The first-order chi connectivity index (χ1) is 10.0. The molecular formula is C16H25FN2O2. The van der Waals surface area contributed by atoms with E-state index in [4.69, 9.17) is 4.74 Å². The molecule has 5 heteroatoms. The maximum Gasteiger partial charge on any atom is 0.129 e. The van der Waals surface area contributed by atoms with Crippen molar-refractivity contribution in [3.8, 4) is 0 Å². The number of rotatable bonds is 5. The molecule has 0 bridgehead atoms. The minimum Gasteiger partial charge on any atom is -0.394 e. The number of hydrogen-bond donors (Lipinski definition) is 2. The standard InChI is InChI=1S/C16H25FN2O2/c1-11(2)18-7-14-15(17)5-4-6-16(14)19-8-13(9-20)21-10-12(19)3/h4-6,11-13,18,20H,7-10H2,1-3H3. The molecule has 1 aromatic rings. The van der Waals surface area contributed by atoms with E-state index in [-0.39, 0.29) is 24.6 Å². The first kappa shape index (κ1) is 16.2. The highest BCUT2D eigenvalue weighted by atomic mass is 19.1. The molecule has 0 spiro atoms. The van der Waals surface area contributed by atoms with Gasteiger partial charge in [-0.1, -0.05) is 19.9 Å². The molecule has 2 atom stereocenters. The number of hydrogen-bond acceptors (Lipinski definition) is 4. The zero-order valence-corrected chi connectivity index (χ0v) is 13.0. The van der Waals surface area contributed by atoms with Gasteiger partial charge < -0.3 is 20.1 Å². The van der Waals surface area contributed by atoms with Gasteiger partial charge in [-0.2, -0.15) is 0 Å². The van der Waals surface area contributed by atoms with Crippen molar-refractivity contribution in [2.45, 2.75) is 45.5 Å². The lowest BCUT2D eigenvalue weighted by molar-refractivity contribution is -0.0104. The van der Waals surface area contributed by atoms with Gasteiger partial charge in [0.15, 0.2) is 0 Å². The van der Waals surface area contributed by atoms with E-state index in [9.17, 15) is 9.50 Å². The van der Waals surface area contributed by atoms with Crippen LogP contribution in [0.3, 0.4) is 0 Å². The monoisotopic (exact) mass is 296 g/mol. The molecule has 2 rings (SSSR count). The number of aliphatic hydroxyl groups is 1. The molecule has 21 heavy (non-hydrogen) atoms. The van der Waals surface area contributed by atoms with Crippen LogP contribution in [-0.4, -0.2) is 43.1 Å². The van der Waals surface area contributed by atoms with Crippen LogP contribution in [0.1, 0.15) is 26.3 Å². The summed E-state index contributed by atoms with van der Waals surface area (Å²) in [5.74, 6) is -0.195. The molecule has 1 aliphatic rings. The van der Waals surface area contributed by atoms with E-state index in [1.165, 1.54) is 6.07 Å². The zero-order chi connectivity index (χ0) is 15.4. The fourth-order valence-corrected chi connectivity index (χ4v) is 2.56. The van der Waals surface area contributed by atoms with Crippen LogP contribution in [0.2, 0.25) is 0 Å². The van der Waals surface area contributed by atoms with Crippen molar-refractivity contribution in [3.05, 3.63) is 29.6 Å². The highest BCUT2D eigenvalue weighted by molar-refractivity contribution is 5.55. The highest BCUT2D eigenvalue weighted by Gasteiger charge is 2.27. The summed E-state index contributed by atoms with van der Waals surface area (Å²) in [4.78, 5) is 2.13. The highest BCUT2D eigenvalue weighted by Crippen LogP contribution is 2.27. The number of morpholine rings is 1. The Labute approximate surface area is 125 Å². The van der Waals surface area contributed by atoms with Crippen LogP contribution >= 0.6 is 0 Å². The molecule has 4 nitrogen and oxygen atoms in total. The Hall–Kier alpha value is -1.17. The largest absolute Gasteiger partial charge is 0.394 e. The molecule has 0 saturated carbocycles. The molecule has 0 radical (unpaired) electrons. The predicted molar refractivity (Wildman–Crippen MR) is 82.0 cm³/mol. The van der Waals surface area contributed by atoms with Crippen molar-refractivity contribution in [1.82, 2.24) is 5.32 Å². The molecule has 1 heterocycles. The zero-order valence-electron chi connectivity index (χ0n) is 13.0. The lowest BCUT2D eigenvalue weighted by atomic mass is 10.1. The summed E-state index contributed by atoms with van der Waals surface area (Å²) in [6, 6.07) is 5.63. The van der Waals surface area contributed by atoms with Crippen molar-refractivity contribution in [2.75, 3.05) is 24.7 Å². The van der Waals surface area contributed by atoms with E-state index in [2.05, 4.69) is 17.1 Å². The number of nitrogens with one attached hydrogen (secondary N) is 1. The maximum atomic E-state index is 14.2. The van der Waals surface area contributed by atoms with Gasteiger partial charge in [-0.3, -0.25) is 0 Å². The van der Waals surface area contributed by atoms with Crippen LogP contribution in [0.15, 0.2) is 18.2 Å². The topological polar surface area (TPSA) is 44.7 Å². The second-order valence-corrected chi connectivity index (χ2v) is 5.91. The van der Waals surface area contributed by atoms with Crippen LogP contribution in [0.4, 0.5) is 10.1 Å². The lowest BCUT2D eigenvalue weighted by Crippen LogP contribution is -2.50. The second-order valence-electron chi connectivity index (χ2n) is 5.91. The normalized spacial score (nSPS) is 22.9. The number of nitrogens with zero attached hydrogens (tertiary/aromatic N) is 1. The summed E-state index contributed by atoms with van der Waals surface area (Å²) in [5, 5.41) is 12.6. The Morgan fingerprint density at radius 2 is 2.24 bits per heavy atom.